The standard InChI is InChI=1S/C18H28N2O2/c1-12-6-5-7-15(10-12)17-11-16(17)14(3)19-18(22)20(4)9-8-13(2)21/h5-7,10,13-14,16-17,21H,8-9,11H2,1-4H3,(H,19,22)/t13-,14+,16-,17+/m1/s1. The largest absolute Gasteiger partial charge is 0.393 e. The number of aliphatic hydroxyl groups excluding tert-OH is 1. The number of hydrogen-bond acceptors (Lipinski definition) is 2. The summed E-state index contributed by atoms with van der Waals surface area (Å²) in [6, 6.07) is 8.76. The number of hydrogen-bond donors (Lipinski definition) is 2. The van der Waals surface area contributed by atoms with Crippen LogP contribution in [0.1, 0.15) is 43.7 Å². The van der Waals surface area contributed by atoms with Crippen LogP contribution in [0.2, 0.25) is 0 Å². The summed E-state index contributed by atoms with van der Waals surface area (Å²) < 4.78 is 0. The molecule has 0 aliphatic heterocycles. The minimum atomic E-state index is -0.373. The molecule has 0 unspecified atom stereocenters. The van der Waals surface area contributed by atoms with E-state index in [1.807, 2.05) is 0 Å². The summed E-state index contributed by atoms with van der Waals surface area (Å²) in [5, 5.41) is 12.4. The maximum Gasteiger partial charge on any atom is 0.317 e. The van der Waals surface area contributed by atoms with Crippen LogP contribution in [0.3, 0.4) is 0 Å². The molecule has 0 radical (unpaired) electrons. The van der Waals surface area contributed by atoms with Gasteiger partial charge in [-0.3, -0.25) is 0 Å². The average molecular weight is 304 g/mol. The van der Waals surface area contributed by atoms with Crippen LogP contribution < -0.4 is 5.32 Å². The molecule has 1 saturated carbocycles. The van der Waals surface area contributed by atoms with Crippen molar-refractivity contribution in [3.63, 3.8) is 0 Å². The van der Waals surface area contributed by atoms with Crippen LogP contribution in [0.4, 0.5) is 4.79 Å². The van der Waals surface area contributed by atoms with Crippen LogP contribution in [0, 0.1) is 12.8 Å². The maximum absolute atomic E-state index is 12.1. The Morgan fingerprint density at radius 2 is 2.18 bits per heavy atom. The van der Waals surface area contributed by atoms with Crippen molar-refractivity contribution in [3.8, 4) is 0 Å². The van der Waals surface area contributed by atoms with Crippen molar-refractivity contribution in [3.05, 3.63) is 35.4 Å². The number of amides is 2. The number of nitrogens with zero attached hydrogens (tertiary/aromatic N) is 1. The molecule has 0 heterocycles. The topological polar surface area (TPSA) is 52.6 Å². The Balaban J connectivity index is 1.81. The Bertz CT molecular complexity index is 516. The van der Waals surface area contributed by atoms with E-state index in [0.717, 1.165) is 6.42 Å². The summed E-state index contributed by atoms with van der Waals surface area (Å²) in [5.41, 5.74) is 2.67. The smallest absolute Gasteiger partial charge is 0.317 e. The van der Waals surface area contributed by atoms with Gasteiger partial charge in [0.25, 0.3) is 0 Å². The second-order valence-electron chi connectivity index (χ2n) is 6.72. The van der Waals surface area contributed by atoms with Gasteiger partial charge in [-0.25, -0.2) is 4.79 Å². The molecule has 2 N–H and O–H groups in total. The molecule has 1 aliphatic carbocycles. The fourth-order valence-corrected chi connectivity index (χ4v) is 2.95. The number of aliphatic hydroxyl groups is 1. The van der Waals surface area contributed by atoms with Crippen molar-refractivity contribution < 1.29 is 9.90 Å². The van der Waals surface area contributed by atoms with Crippen molar-refractivity contribution in [2.24, 2.45) is 5.92 Å². The minimum absolute atomic E-state index is 0.0527. The SMILES string of the molecule is Cc1cccc([C@@H]2C[C@@H]2[C@H](C)NC(=O)N(C)CC[C@@H](C)O)c1. The van der Waals surface area contributed by atoms with Crippen LogP contribution in [0.15, 0.2) is 24.3 Å². The molecular formula is C18H28N2O2. The highest BCUT2D eigenvalue weighted by atomic mass is 16.3. The van der Waals surface area contributed by atoms with Crippen LogP contribution in [-0.2, 0) is 0 Å². The van der Waals surface area contributed by atoms with E-state index in [2.05, 4.69) is 43.4 Å². The zero-order chi connectivity index (χ0) is 16.3. The monoisotopic (exact) mass is 304 g/mol. The fraction of sp³-hybridized carbons (Fsp3) is 0.611. The van der Waals surface area contributed by atoms with Gasteiger partial charge in [0, 0.05) is 19.6 Å². The second-order valence-corrected chi connectivity index (χ2v) is 6.72. The van der Waals surface area contributed by atoms with E-state index < -0.39 is 0 Å². The van der Waals surface area contributed by atoms with E-state index in [0.29, 0.717) is 24.8 Å². The van der Waals surface area contributed by atoms with Crippen molar-refractivity contribution >= 4 is 6.03 Å². The normalized spacial score (nSPS) is 22.8. The van der Waals surface area contributed by atoms with Crippen molar-refractivity contribution in [2.45, 2.75) is 51.7 Å². The lowest BCUT2D eigenvalue weighted by molar-refractivity contribution is 0.162. The number of rotatable bonds is 6. The first kappa shape index (κ1) is 16.8. The number of benzene rings is 1. The molecule has 0 saturated heterocycles. The molecule has 0 aromatic heterocycles. The number of nitrogens with one attached hydrogen (secondary N) is 1. The van der Waals surface area contributed by atoms with Gasteiger partial charge in [0.05, 0.1) is 6.10 Å². The fourth-order valence-electron chi connectivity index (χ4n) is 2.95. The molecule has 0 bridgehead atoms. The molecule has 4 atom stereocenters. The molecule has 1 aromatic carbocycles. The predicted octanol–water partition coefficient (Wildman–Crippen LogP) is 2.90. The summed E-state index contributed by atoms with van der Waals surface area (Å²) >= 11 is 0. The van der Waals surface area contributed by atoms with Crippen LogP contribution in [-0.4, -0.2) is 41.8 Å². The Kier molecular flexibility index (Phi) is 5.46. The van der Waals surface area contributed by atoms with Gasteiger partial charge in [0.15, 0.2) is 0 Å². The van der Waals surface area contributed by atoms with E-state index in [1.54, 1.807) is 18.9 Å². The molecule has 2 rings (SSSR count). The first-order valence-corrected chi connectivity index (χ1v) is 8.14. The molecule has 1 aliphatic rings. The molecule has 0 spiro atoms. The maximum atomic E-state index is 12.1. The lowest BCUT2D eigenvalue weighted by Crippen LogP contribution is -2.43. The van der Waals surface area contributed by atoms with Gasteiger partial charge in [-0.2, -0.15) is 0 Å². The highest BCUT2D eigenvalue weighted by Crippen LogP contribution is 2.49. The third kappa shape index (κ3) is 4.47. The van der Waals surface area contributed by atoms with Gasteiger partial charge in [-0.1, -0.05) is 29.8 Å². The molecule has 22 heavy (non-hydrogen) atoms. The van der Waals surface area contributed by atoms with Gasteiger partial charge in [0.1, 0.15) is 0 Å². The highest BCUT2D eigenvalue weighted by molar-refractivity contribution is 5.74. The van der Waals surface area contributed by atoms with Crippen LogP contribution >= 0.6 is 0 Å². The molecule has 1 fully saturated rings. The molecule has 4 nitrogen and oxygen atoms in total. The predicted molar refractivity (Wildman–Crippen MR) is 88.9 cm³/mol. The summed E-state index contributed by atoms with van der Waals surface area (Å²) in [6.45, 7) is 6.51. The molecule has 2 amide bonds. The number of aryl methyl sites for hydroxylation is 1. The van der Waals surface area contributed by atoms with E-state index >= 15 is 0 Å². The van der Waals surface area contributed by atoms with Gasteiger partial charge >= 0.3 is 6.03 Å². The third-order valence-corrected chi connectivity index (χ3v) is 4.53. The Morgan fingerprint density at radius 3 is 2.82 bits per heavy atom. The summed E-state index contributed by atoms with van der Waals surface area (Å²) in [5.74, 6) is 1.09. The zero-order valence-corrected chi connectivity index (χ0v) is 14.0. The van der Waals surface area contributed by atoms with Gasteiger partial charge < -0.3 is 15.3 Å². The van der Waals surface area contributed by atoms with Crippen LogP contribution in [0.5, 0.6) is 0 Å². The summed E-state index contributed by atoms with van der Waals surface area (Å²) in [7, 11) is 1.77. The van der Waals surface area contributed by atoms with E-state index in [1.165, 1.54) is 11.1 Å². The van der Waals surface area contributed by atoms with Gasteiger partial charge in [0.2, 0.25) is 0 Å². The summed E-state index contributed by atoms with van der Waals surface area (Å²) in [6.07, 6.45) is 1.37. The van der Waals surface area contributed by atoms with E-state index in [-0.39, 0.29) is 18.2 Å². The Labute approximate surface area is 133 Å². The molecule has 122 valence electrons. The number of carbonyl (C=O) groups excluding carboxylic acids is 1. The Morgan fingerprint density at radius 1 is 1.45 bits per heavy atom. The highest BCUT2D eigenvalue weighted by Gasteiger charge is 2.42. The Hall–Kier alpha value is -1.55. The third-order valence-electron chi connectivity index (χ3n) is 4.53. The quantitative estimate of drug-likeness (QED) is 0.849. The first-order valence-electron chi connectivity index (χ1n) is 8.14. The van der Waals surface area contributed by atoms with Crippen molar-refractivity contribution in [1.82, 2.24) is 10.2 Å². The lowest BCUT2D eigenvalue weighted by Gasteiger charge is -2.22. The number of carbonyl (C=O) groups is 1. The van der Waals surface area contributed by atoms with E-state index in [9.17, 15) is 9.90 Å². The van der Waals surface area contributed by atoms with Crippen molar-refractivity contribution in [2.75, 3.05) is 13.6 Å². The average Bonchev–Trinajstić information content (AvgIpc) is 3.25. The lowest BCUT2D eigenvalue weighted by atomic mass is 10.0. The van der Waals surface area contributed by atoms with Crippen LogP contribution in [0.25, 0.3) is 0 Å². The number of urea groups is 1. The van der Waals surface area contributed by atoms with E-state index in [4.69, 9.17) is 0 Å². The van der Waals surface area contributed by atoms with Gasteiger partial charge in [-0.05, 0) is 51.0 Å². The zero-order valence-electron chi connectivity index (χ0n) is 14.0. The summed E-state index contributed by atoms with van der Waals surface area (Å²) in [4.78, 5) is 13.8. The molecule has 1 aromatic rings. The van der Waals surface area contributed by atoms with Gasteiger partial charge in [-0.15, -0.1) is 0 Å². The minimum Gasteiger partial charge on any atom is -0.393 e. The second kappa shape index (κ2) is 7.14. The van der Waals surface area contributed by atoms with Crippen molar-refractivity contribution in [1.29, 1.82) is 0 Å². The first-order chi connectivity index (χ1) is 10.4. The molecule has 4 heteroatoms. The molecular weight excluding hydrogens is 276 g/mol.